The minimum absolute atomic E-state index is 0.597. The van der Waals surface area contributed by atoms with Crippen LogP contribution in [0.25, 0.3) is 0 Å². The Morgan fingerprint density at radius 3 is 2.21 bits per heavy atom. The van der Waals surface area contributed by atoms with Crippen molar-refractivity contribution in [3.8, 4) is 0 Å². The van der Waals surface area contributed by atoms with Crippen LogP contribution in [-0.4, -0.2) is 49.4 Å². The van der Waals surface area contributed by atoms with Crippen molar-refractivity contribution in [3.05, 3.63) is 30.3 Å². The summed E-state index contributed by atoms with van der Waals surface area (Å²) in [5.74, 6) is 0. The average Bonchev–Trinajstić information content (AvgIpc) is 2.39. The maximum absolute atomic E-state index is 9.74. The zero-order valence-electron chi connectivity index (χ0n) is 12.0. The smallest absolute Gasteiger partial charge is 0.222 e. The minimum atomic E-state index is -1.67. The lowest BCUT2D eigenvalue weighted by Crippen LogP contribution is -2.51. The summed E-state index contributed by atoms with van der Waals surface area (Å²) in [7, 11) is -1.67. The van der Waals surface area contributed by atoms with Gasteiger partial charge in [-0.05, 0) is 25.5 Å². The molecule has 0 aliphatic heterocycles. The molecule has 0 amide bonds. The van der Waals surface area contributed by atoms with Crippen LogP contribution in [0.3, 0.4) is 0 Å². The Labute approximate surface area is 117 Å². The molecule has 3 atom stereocenters. The van der Waals surface area contributed by atoms with Crippen LogP contribution in [0.4, 0.5) is 0 Å². The van der Waals surface area contributed by atoms with Gasteiger partial charge in [-0.15, -0.1) is 0 Å². The first-order valence-electron chi connectivity index (χ1n) is 6.84. The lowest BCUT2D eigenvalue weighted by Gasteiger charge is -2.31. The number of benzene rings is 1. The van der Waals surface area contributed by atoms with E-state index in [2.05, 4.69) is 19.1 Å². The summed E-state index contributed by atoms with van der Waals surface area (Å²) >= 11 is 0. The van der Waals surface area contributed by atoms with Gasteiger partial charge in [0.25, 0.3) is 0 Å². The first-order chi connectivity index (χ1) is 9.06. The van der Waals surface area contributed by atoms with Gasteiger partial charge in [0, 0.05) is 12.8 Å². The fraction of sp³-hybridized carbons (Fsp3) is 0.571. The van der Waals surface area contributed by atoms with E-state index in [4.69, 9.17) is 4.43 Å². The van der Waals surface area contributed by atoms with Crippen LogP contribution in [0.2, 0.25) is 0 Å². The SMILES string of the molecule is CCCO[SiH](CN(C(C)O)C(C)O)c1ccccc1. The van der Waals surface area contributed by atoms with E-state index in [-0.39, 0.29) is 0 Å². The Bertz CT molecular complexity index is 338. The third kappa shape index (κ3) is 5.42. The van der Waals surface area contributed by atoms with Crippen LogP contribution >= 0.6 is 0 Å². The van der Waals surface area contributed by atoms with Gasteiger partial charge in [-0.25, -0.2) is 0 Å². The quantitative estimate of drug-likeness (QED) is 0.541. The normalized spacial score (nSPS) is 16.3. The molecule has 0 aliphatic carbocycles. The van der Waals surface area contributed by atoms with Gasteiger partial charge in [0.1, 0.15) is 12.5 Å². The van der Waals surface area contributed by atoms with Crippen LogP contribution in [0, 0.1) is 0 Å². The second-order valence-electron chi connectivity index (χ2n) is 4.73. The van der Waals surface area contributed by atoms with Crippen molar-refractivity contribution in [1.82, 2.24) is 4.90 Å². The van der Waals surface area contributed by atoms with Gasteiger partial charge in [-0.3, -0.25) is 4.90 Å². The number of aliphatic hydroxyl groups is 2. The maximum Gasteiger partial charge on any atom is 0.222 e. The second-order valence-corrected chi connectivity index (χ2v) is 7.07. The molecule has 19 heavy (non-hydrogen) atoms. The molecule has 0 radical (unpaired) electrons. The van der Waals surface area contributed by atoms with Crippen molar-refractivity contribution in [2.45, 2.75) is 39.6 Å². The molecule has 108 valence electrons. The van der Waals surface area contributed by atoms with E-state index < -0.39 is 21.5 Å². The summed E-state index contributed by atoms with van der Waals surface area (Å²) in [5, 5.41) is 20.7. The number of rotatable bonds is 8. The largest absolute Gasteiger partial charge is 0.414 e. The summed E-state index contributed by atoms with van der Waals surface area (Å²) in [6.07, 6.45) is 0.215. The standard InChI is InChI=1S/C14H25NO3Si/c1-4-10-18-19(14-8-6-5-7-9-14)11-15(12(2)16)13(3)17/h5-9,12-13,16-17,19H,4,10-11H2,1-3H3. The molecular weight excluding hydrogens is 258 g/mol. The van der Waals surface area contributed by atoms with Crippen molar-refractivity contribution >= 4 is 14.2 Å². The lowest BCUT2D eigenvalue weighted by atomic mass is 10.4. The predicted octanol–water partition coefficient (Wildman–Crippen LogP) is 0.562. The molecule has 0 saturated carbocycles. The Morgan fingerprint density at radius 2 is 1.74 bits per heavy atom. The number of aliphatic hydroxyl groups excluding tert-OH is 2. The van der Waals surface area contributed by atoms with Crippen molar-refractivity contribution in [2.75, 3.05) is 12.8 Å². The molecule has 2 N–H and O–H groups in total. The van der Waals surface area contributed by atoms with E-state index in [0.29, 0.717) is 6.17 Å². The van der Waals surface area contributed by atoms with Gasteiger partial charge in [-0.2, -0.15) is 0 Å². The second kappa shape index (κ2) is 8.45. The van der Waals surface area contributed by atoms with E-state index >= 15 is 0 Å². The molecule has 4 nitrogen and oxygen atoms in total. The first-order valence-corrected chi connectivity index (χ1v) is 8.71. The highest BCUT2D eigenvalue weighted by molar-refractivity contribution is 6.67. The molecule has 1 aromatic carbocycles. The minimum Gasteiger partial charge on any atom is -0.414 e. The van der Waals surface area contributed by atoms with Crippen LogP contribution in [0.1, 0.15) is 27.2 Å². The molecule has 1 aromatic rings. The van der Waals surface area contributed by atoms with Crippen molar-refractivity contribution in [3.63, 3.8) is 0 Å². The van der Waals surface area contributed by atoms with Crippen molar-refractivity contribution in [2.24, 2.45) is 0 Å². The molecule has 0 aliphatic rings. The predicted molar refractivity (Wildman–Crippen MR) is 79.5 cm³/mol. The molecule has 1 rings (SSSR count). The highest BCUT2D eigenvalue weighted by Crippen LogP contribution is 2.04. The molecule has 0 saturated heterocycles. The zero-order valence-corrected chi connectivity index (χ0v) is 13.1. The van der Waals surface area contributed by atoms with Gasteiger partial charge in [-0.1, -0.05) is 37.3 Å². The summed E-state index contributed by atoms with van der Waals surface area (Å²) in [6.45, 7) is 6.14. The van der Waals surface area contributed by atoms with Crippen molar-refractivity contribution in [1.29, 1.82) is 0 Å². The van der Waals surface area contributed by atoms with Crippen LogP contribution in [0.5, 0.6) is 0 Å². The molecular formula is C14H25NO3Si. The lowest BCUT2D eigenvalue weighted by molar-refractivity contribution is -0.0747. The fourth-order valence-electron chi connectivity index (χ4n) is 1.99. The number of hydrogen-bond donors (Lipinski definition) is 2. The summed E-state index contributed by atoms with van der Waals surface area (Å²) in [4.78, 5) is 1.67. The fourth-order valence-corrected chi connectivity index (χ4v) is 4.66. The molecule has 0 spiro atoms. The molecule has 3 unspecified atom stereocenters. The number of nitrogens with zero attached hydrogens (tertiary/aromatic N) is 1. The molecule has 0 aromatic heterocycles. The Hall–Kier alpha value is -0.723. The Morgan fingerprint density at radius 1 is 1.16 bits per heavy atom. The van der Waals surface area contributed by atoms with Crippen LogP contribution in [-0.2, 0) is 4.43 Å². The molecule has 0 heterocycles. The van der Waals surface area contributed by atoms with E-state index in [1.54, 1.807) is 18.7 Å². The van der Waals surface area contributed by atoms with Gasteiger partial charge in [0.15, 0.2) is 0 Å². The van der Waals surface area contributed by atoms with E-state index in [1.165, 1.54) is 5.19 Å². The zero-order chi connectivity index (χ0) is 14.3. The van der Waals surface area contributed by atoms with Crippen LogP contribution < -0.4 is 5.19 Å². The summed E-state index contributed by atoms with van der Waals surface area (Å²) in [6, 6.07) is 10.1. The monoisotopic (exact) mass is 283 g/mol. The third-order valence-electron chi connectivity index (χ3n) is 3.03. The van der Waals surface area contributed by atoms with Gasteiger partial charge in [0.2, 0.25) is 9.04 Å². The van der Waals surface area contributed by atoms with Gasteiger partial charge < -0.3 is 14.6 Å². The number of hydrogen-bond acceptors (Lipinski definition) is 4. The topological polar surface area (TPSA) is 52.9 Å². The van der Waals surface area contributed by atoms with E-state index in [1.807, 2.05) is 18.2 Å². The Balaban J connectivity index is 2.79. The average molecular weight is 283 g/mol. The molecule has 0 fully saturated rings. The van der Waals surface area contributed by atoms with Gasteiger partial charge >= 0.3 is 0 Å². The maximum atomic E-state index is 9.74. The van der Waals surface area contributed by atoms with Crippen molar-refractivity contribution < 1.29 is 14.6 Å². The van der Waals surface area contributed by atoms with Crippen LogP contribution in [0.15, 0.2) is 30.3 Å². The molecule has 5 heteroatoms. The third-order valence-corrected chi connectivity index (χ3v) is 5.55. The van der Waals surface area contributed by atoms with E-state index in [9.17, 15) is 10.2 Å². The van der Waals surface area contributed by atoms with Gasteiger partial charge in [0.05, 0.1) is 0 Å². The molecule has 0 bridgehead atoms. The first kappa shape index (κ1) is 16.3. The Kier molecular flexibility index (Phi) is 7.26. The highest BCUT2D eigenvalue weighted by Gasteiger charge is 2.24. The highest BCUT2D eigenvalue weighted by atomic mass is 28.3. The summed E-state index contributed by atoms with van der Waals surface area (Å²) < 4.78 is 5.98. The van der Waals surface area contributed by atoms with E-state index in [0.717, 1.165) is 13.0 Å². The summed E-state index contributed by atoms with van der Waals surface area (Å²) in [5.41, 5.74) is 0.